The van der Waals surface area contributed by atoms with Crippen molar-refractivity contribution < 1.29 is 9.31 Å². The molecule has 1 N–H and O–H groups in total. The Hall–Kier alpha value is -1.75. The maximum Gasteiger partial charge on any atom is 0.272 e. The van der Waals surface area contributed by atoms with Crippen LogP contribution < -0.4 is 5.32 Å². The van der Waals surface area contributed by atoms with E-state index in [4.69, 9.17) is 0 Å². The third-order valence-electron chi connectivity index (χ3n) is 1.77. The molecule has 0 amide bonds. The lowest BCUT2D eigenvalue weighted by Gasteiger charge is -2.02. The zero-order valence-electron chi connectivity index (χ0n) is 8.07. The first kappa shape index (κ1) is 11.3. The summed E-state index contributed by atoms with van der Waals surface area (Å²) in [4.78, 5) is 9.83. The quantitative estimate of drug-likeness (QED) is 0.350. The Morgan fingerprint density at radius 2 is 2.27 bits per heavy atom. The highest BCUT2D eigenvalue weighted by Gasteiger charge is 2.08. The van der Waals surface area contributed by atoms with Crippen LogP contribution >= 0.6 is 0 Å². The minimum absolute atomic E-state index is 0.231. The first-order valence-corrected chi connectivity index (χ1v) is 4.39. The summed E-state index contributed by atoms with van der Waals surface area (Å²) >= 11 is 0. The van der Waals surface area contributed by atoms with E-state index in [0.717, 1.165) is 6.07 Å². The number of nitro groups is 1. The zero-order valence-corrected chi connectivity index (χ0v) is 8.07. The van der Waals surface area contributed by atoms with Crippen LogP contribution in [0.4, 0.5) is 10.1 Å². The van der Waals surface area contributed by atoms with Crippen molar-refractivity contribution in [1.29, 1.82) is 0 Å². The second kappa shape index (κ2) is 5.21. The summed E-state index contributed by atoms with van der Waals surface area (Å²) in [6.45, 7) is 4.46. The Morgan fingerprint density at radius 1 is 1.53 bits per heavy atom. The minimum Gasteiger partial charge on any atom is -0.309 e. The average molecular weight is 210 g/mol. The van der Waals surface area contributed by atoms with E-state index in [2.05, 4.69) is 11.9 Å². The Kier molecular flexibility index (Phi) is 3.93. The molecular weight excluding hydrogens is 199 g/mol. The van der Waals surface area contributed by atoms with Gasteiger partial charge in [0.1, 0.15) is 5.82 Å². The second-order valence-corrected chi connectivity index (χ2v) is 2.99. The van der Waals surface area contributed by atoms with Gasteiger partial charge in [0.15, 0.2) is 0 Å². The molecule has 80 valence electrons. The molecule has 0 aromatic heterocycles. The maximum atomic E-state index is 12.9. The van der Waals surface area contributed by atoms with E-state index in [0.29, 0.717) is 18.7 Å². The van der Waals surface area contributed by atoms with Crippen molar-refractivity contribution in [2.45, 2.75) is 6.54 Å². The van der Waals surface area contributed by atoms with Gasteiger partial charge in [0.05, 0.1) is 11.0 Å². The molecule has 5 heteroatoms. The second-order valence-electron chi connectivity index (χ2n) is 2.99. The lowest BCUT2D eigenvalue weighted by Crippen LogP contribution is -2.12. The molecule has 0 spiro atoms. The molecule has 0 saturated heterocycles. The fourth-order valence-electron chi connectivity index (χ4n) is 1.16. The molecule has 0 heterocycles. The molecule has 0 aliphatic heterocycles. The predicted molar refractivity (Wildman–Crippen MR) is 55.0 cm³/mol. The number of hydrogen-bond donors (Lipinski definition) is 1. The van der Waals surface area contributed by atoms with Crippen molar-refractivity contribution >= 4 is 5.69 Å². The molecule has 0 radical (unpaired) electrons. The van der Waals surface area contributed by atoms with Gasteiger partial charge in [-0.15, -0.1) is 6.58 Å². The highest BCUT2D eigenvalue weighted by molar-refractivity contribution is 5.35. The molecule has 4 nitrogen and oxygen atoms in total. The minimum atomic E-state index is -0.611. The third kappa shape index (κ3) is 3.47. The Morgan fingerprint density at radius 3 is 2.87 bits per heavy atom. The number of nitrogens with zero attached hydrogens (tertiary/aromatic N) is 1. The first-order valence-electron chi connectivity index (χ1n) is 4.39. The fraction of sp³-hybridized carbons (Fsp3) is 0.200. The summed E-state index contributed by atoms with van der Waals surface area (Å²) in [7, 11) is 0. The van der Waals surface area contributed by atoms with Gasteiger partial charge in [0.25, 0.3) is 5.69 Å². The Labute approximate surface area is 86.6 Å². The van der Waals surface area contributed by atoms with Crippen LogP contribution in [0.3, 0.4) is 0 Å². The van der Waals surface area contributed by atoms with E-state index in [1.165, 1.54) is 12.1 Å². The van der Waals surface area contributed by atoms with Crippen molar-refractivity contribution in [2.75, 3.05) is 6.54 Å². The number of halogens is 1. The van der Waals surface area contributed by atoms with E-state index >= 15 is 0 Å². The molecule has 0 saturated carbocycles. The highest BCUT2D eigenvalue weighted by Crippen LogP contribution is 2.15. The standard InChI is InChI=1S/C10H11FN2O2/c1-2-3-12-7-8-4-9(11)6-10(5-8)13(14)15/h2,4-6,12H,1,3,7H2. The van der Waals surface area contributed by atoms with Gasteiger partial charge in [-0.05, 0) is 11.6 Å². The van der Waals surface area contributed by atoms with Crippen LogP contribution in [0.25, 0.3) is 0 Å². The summed E-state index contributed by atoms with van der Waals surface area (Å²) in [5.41, 5.74) is 0.314. The van der Waals surface area contributed by atoms with Gasteiger partial charge >= 0.3 is 0 Å². The van der Waals surface area contributed by atoms with E-state index in [9.17, 15) is 14.5 Å². The molecule has 0 aliphatic carbocycles. The lowest BCUT2D eigenvalue weighted by molar-refractivity contribution is -0.385. The van der Waals surface area contributed by atoms with Crippen LogP contribution in [0, 0.1) is 15.9 Å². The molecule has 0 atom stereocenters. The average Bonchev–Trinajstić information content (AvgIpc) is 2.17. The van der Waals surface area contributed by atoms with Crippen LogP contribution in [-0.4, -0.2) is 11.5 Å². The van der Waals surface area contributed by atoms with Crippen molar-refractivity contribution in [2.24, 2.45) is 0 Å². The van der Waals surface area contributed by atoms with Crippen LogP contribution in [0.2, 0.25) is 0 Å². The molecule has 1 aromatic carbocycles. The maximum absolute atomic E-state index is 12.9. The fourth-order valence-corrected chi connectivity index (χ4v) is 1.16. The first-order chi connectivity index (χ1) is 7.13. The number of benzene rings is 1. The predicted octanol–water partition coefficient (Wildman–Crippen LogP) is 2.01. The molecule has 0 aliphatic rings. The van der Waals surface area contributed by atoms with Crippen molar-refractivity contribution in [1.82, 2.24) is 5.32 Å². The molecular formula is C10H11FN2O2. The van der Waals surface area contributed by atoms with E-state index in [1.807, 2.05) is 0 Å². The molecule has 0 fully saturated rings. The van der Waals surface area contributed by atoms with Gasteiger partial charge in [-0.25, -0.2) is 4.39 Å². The molecule has 0 unspecified atom stereocenters. The van der Waals surface area contributed by atoms with Gasteiger partial charge < -0.3 is 5.32 Å². The summed E-state index contributed by atoms with van der Waals surface area (Å²) in [5.74, 6) is -0.598. The summed E-state index contributed by atoms with van der Waals surface area (Å²) < 4.78 is 12.9. The molecule has 1 rings (SSSR count). The smallest absolute Gasteiger partial charge is 0.272 e. The number of hydrogen-bond acceptors (Lipinski definition) is 3. The van der Waals surface area contributed by atoms with Gasteiger partial charge in [0, 0.05) is 19.2 Å². The molecule has 1 aromatic rings. The van der Waals surface area contributed by atoms with E-state index in [-0.39, 0.29) is 5.69 Å². The number of rotatable bonds is 5. The summed E-state index contributed by atoms with van der Waals surface area (Å²) in [6, 6.07) is 3.51. The van der Waals surface area contributed by atoms with E-state index in [1.54, 1.807) is 6.08 Å². The Balaban J connectivity index is 2.79. The number of nitrogens with one attached hydrogen (secondary N) is 1. The van der Waals surface area contributed by atoms with Crippen molar-refractivity contribution in [3.05, 3.63) is 52.3 Å². The molecule has 0 bridgehead atoms. The number of nitro benzene ring substituents is 1. The van der Waals surface area contributed by atoms with Crippen LogP contribution in [0.1, 0.15) is 5.56 Å². The normalized spacial score (nSPS) is 9.93. The van der Waals surface area contributed by atoms with Crippen molar-refractivity contribution in [3.63, 3.8) is 0 Å². The summed E-state index contributed by atoms with van der Waals surface area (Å²) in [5, 5.41) is 13.4. The Bertz CT molecular complexity index is 380. The van der Waals surface area contributed by atoms with Crippen LogP contribution in [0.5, 0.6) is 0 Å². The van der Waals surface area contributed by atoms with Gasteiger partial charge in [-0.3, -0.25) is 10.1 Å². The summed E-state index contributed by atoms with van der Waals surface area (Å²) in [6.07, 6.45) is 1.66. The third-order valence-corrected chi connectivity index (χ3v) is 1.77. The molecule has 15 heavy (non-hydrogen) atoms. The number of non-ortho nitro benzene ring substituents is 1. The van der Waals surface area contributed by atoms with Crippen LogP contribution in [0.15, 0.2) is 30.9 Å². The van der Waals surface area contributed by atoms with Gasteiger partial charge in [-0.1, -0.05) is 6.08 Å². The monoisotopic (exact) mass is 210 g/mol. The lowest BCUT2D eigenvalue weighted by atomic mass is 10.2. The topological polar surface area (TPSA) is 55.2 Å². The van der Waals surface area contributed by atoms with E-state index < -0.39 is 10.7 Å². The van der Waals surface area contributed by atoms with Crippen molar-refractivity contribution in [3.8, 4) is 0 Å². The van der Waals surface area contributed by atoms with Gasteiger partial charge in [-0.2, -0.15) is 0 Å². The van der Waals surface area contributed by atoms with Crippen LogP contribution in [-0.2, 0) is 6.54 Å². The largest absolute Gasteiger partial charge is 0.309 e. The highest BCUT2D eigenvalue weighted by atomic mass is 19.1. The zero-order chi connectivity index (χ0) is 11.3. The SMILES string of the molecule is C=CCNCc1cc(F)cc([N+](=O)[O-])c1. The van der Waals surface area contributed by atoms with Gasteiger partial charge in [0.2, 0.25) is 0 Å².